The predicted molar refractivity (Wildman–Crippen MR) is 72.6 cm³/mol. The SMILES string of the molecule is O=S(=O)(CCCCCl)NCc1ccc(Br)s1. The zero-order valence-electron chi connectivity index (χ0n) is 8.58. The monoisotopic (exact) mass is 345 g/mol. The maximum Gasteiger partial charge on any atom is 0.211 e. The van der Waals surface area contributed by atoms with E-state index in [1.54, 1.807) is 0 Å². The third kappa shape index (κ3) is 5.63. The number of unbranched alkanes of at least 4 members (excludes halogenated alkanes) is 1. The van der Waals surface area contributed by atoms with Crippen LogP contribution in [0, 0.1) is 0 Å². The van der Waals surface area contributed by atoms with Gasteiger partial charge in [0.1, 0.15) is 0 Å². The minimum Gasteiger partial charge on any atom is -0.212 e. The topological polar surface area (TPSA) is 46.2 Å². The molecule has 1 aromatic rings. The number of rotatable bonds is 7. The molecule has 1 rings (SSSR count). The van der Waals surface area contributed by atoms with Gasteiger partial charge >= 0.3 is 0 Å². The van der Waals surface area contributed by atoms with E-state index < -0.39 is 10.0 Å². The van der Waals surface area contributed by atoms with Crippen molar-refractivity contribution in [3.05, 3.63) is 20.8 Å². The summed E-state index contributed by atoms with van der Waals surface area (Å²) in [6, 6.07) is 3.80. The van der Waals surface area contributed by atoms with E-state index in [2.05, 4.69) is 20.7 Å². The molecule has 0 aromatic carbocycles. The van der Waals surface area contributed by atoms with Crippen LogP contribution in [0.25, 0.3) is 0 Å². The van der Waals surface area contributed by atoms with Crippen LogP contribution in [0.1, 0.15) is 17.7 Å². The second kappa shape index (κ2) is 6.96. The number of nitrogens with one attached hydrogen (secondary N) is 1. The Bertz CT molecular complexity index is 419. The summed E-state index contributed by atoms with van der Waals surface area (Å²) in [5, 5.41) is 0. The molecule has 0 atom stereocenters. The average Bonchev–Trinajstić information content (AvgIpc) is 2.62. The lowest BCUT2D eigenvalue weighted by atomic mass is 10.4. The van der Waals surface area contributed by atoms with E-state index in [9.17, 15) is 8.42 Å². The second-order valence-corrected chi connectivity index (χ2v) is 8.09. The number of hydrogen-bond acceptors (Lipinski definition) is 3. The molecule has 0 radical (unpaired) electrons. The van der Waals surface area contributed by atoms with E-state index in [1.165, 1.54) is 11.3 Å². The molecule has 7 heteroatoms. The van der Waals surface area contributed by atoms with E-state index in [1.807, 2.05) is 12.1 Å². The molecular weight excluding hydrogens is 334 g/mol. The van der Waals surface area contributed by atoms with Crippen LogP contribution in [0.3, 0.4) is 0 Å². The molecular formula is C9H13BrClNO2S2. The van der Waals surface area contributed by atoms with Gasteiger partial charge < -0.3 is 0 Å². The first-order valence-corrected chi connectivity index (χ1v) is 8.60. The van der Waals surface area contributed by atoms with Crippen molar-refractivity contribution >= 4 is 48.9 Å². The Morgan fingerprint density at radius 3 is 2.69 bits per heavy atom. The van der Waals surface area contributed by atoms with Gasteiger partial charge in [0.05, 0.1) is 9.54 Å². The lowest BCUT2D eigenvalue weighted by Gasteiger charge is -2.04. The fourth-order valence-corrected chi connectivity index (χ4v) is 3.89. The lowest BCUT2D eigenvalue weighted by Crippen LogP contribution is -2.25. The minimum atomic E-state index is -3.16. The van der Waals surface area contributed by atoms with Gasteiger partial charge in [0.25, 0.3) is 0 Å². The quantitative estimate of drug-likeness (QED) is 0.609. The fraction of sp³-hybridized carbons (Fsp3) is 0.556. The number of thiophene rings is 1. The third-order valence-electron chi connectivity index (χ3n) is 1.89. The molecule has 0 fully saturated rings. The molecule has 0 unspecified atom stereocenters. The highest BCUT2D eigenvalue weighted by atomic mass is 79.9. The smallest absolute Gasteiger partial charge is 0.211 e. The predicted octanol–water partition coefficient (Wildman–Crippen LogP) is 2.95. The normalized spacial score (nSPS) is 11.9. The van der Waals surface area contributed by atoms with Gasteiger partial charge in [0.15, 0.2) is 0 Å². The molecule has 0 saturated carbocycles. The Morgan fingerprint density at radius 2 is 2.12 bits per heavy atom. The highest BCUT2D eigenvalue weighted by molar-refractivity contribution is 9.11. The maximum absolute atomic E-state index is 11.5. The molecule has 0 aliphatic rings. The number of halogens is 2. The Labute approximate surface area is 113 Å². The van der Waals surface area contributed by atoms with E-state index in [0.29, 0.717) is 18.8 Å². The Kier molecular flexibility index (Phi) is 6.28. The maximum atomic E-state index is 11.5. The number of sulfonamides is 1. The summed E-state index contributed by atoms with van der Waals surface area (Å²) in [7, 11) is -3.16. The van der Waals surface area contributed by atoms with Crippen molar-refractivity contribution in [2.45, 2.75) is 19.4 Å². The second-order valence-electron chi connectivity index (χ2n) is 3.24. The molecule has 92 valence electrons. The van der Waals surface area contributed by atoms with Crippen molar-refractivity contribution in [2.24, 2.45) is 0 Å². The zero-order chi connectivity index (χ0) is 12.0. The van der Waals surface area contributed by atoms with Crippen LogP contribution in [-0.2, 0) is 16.6 Å². The van der Waals surface area contributed by atoms with Crippen LogP contribution in [0.15, 0.2) is 15.9 Å². The highest BCUT2D eigenvalue weighted by Crippen LogP contribution is 2.21. The summed E-state index contributed by atoms with van der Waals surface area (Å²) in [6.45, 7) is 0.361. The summed E-state index contributed by atoms with van der Waals surface area (Å²) < 4.78 is 26.6. The van der Waals surface area contributed by atoms with Crippen LogP contribution in [0.4, 0.5) is 0 Å². The van der Waals surface area contributed by atoms with Gasteiger partial charge in [0.2, 0.25) is 10.0 Å². The lowest BCUT2D eigenvalue weighted by molar-refractivity contribution is 0.578. The molecule has 3 nitrogen and oxygen atoms in total. The number of hydrogen-bond donors (Lipinski definition) is 1. The van der Waals surface area contributed by atoms with Crippen molar-refractivity contribution in [3.8, 4) is 0 Å². The minimum absolute atomic E-state index is 0.145. The van der Waals surface area contributed by atoms with E-state index in [-0.39, 0.29) is 5.75 Å². The first-order chi connectivity index (χ1) is 7.53. The van der Waals surface area contributed by atoms with Crippen LogP contribution < -0.4 is 4.72 Å². The molecule has 1 N–H and O–H groups in total. The standard InChI is InChI=1S/C9H13BrClNO2S2/c10-9-4-3-8(15-9)7-12-16(13,14)6-2-1-5-11/h3-4,12H,1-2,5-7H2. The molecule has 1 aromatic heterocycles. The van der Waals surface area contributed by atoms with Gasteiger partial charge in [-0.2, -0.15) is 0 Å². The van der Waals surface area contributed by atoms with E-state index in [4.69, 9.17) is 11.6 Å². The Hall–Kier alpha value is 0.380. The molecule has 0 aliphatic heterocycles. The summed E-state index contributed by atoms with van der Waals surface area (Å²) in [6.07, 6.45) is 1.33. The highest BCUT2D eigenvalue weighted by Gasteiger charge is 2.09. The van der Waals surface area contributed by atoms with Crippen LogP contribution in [0.5, 0.6) is 0 Å². The summed E-state index contributed by atoms with van der Waals surface area (Å²) in [5.41, 5.74) is 0. The summed E-state index contributed by atoms with van der Waals surface area (Å²) in [4.78, 5) is 0.993. The Morgan fingerprint density at radius 1 is 1.38 bits per heavy atom. The first kappa shape index (κ1) is 14.4. The molecule has 0 amide bonds. The van der Waals surface area contributed by atoms with E-state index >= 15 is 0 Å². The van der Waals surface area contributed by atoms with Gasteiger partial charge in [-0.3, -0.25) is 0 Å². The van der Waals surface area contributed by atoms with E-state index in [0.717, 1.165) is 15.1 Å². The molecule has 0 spiro atoms. The van der Waals surface area contributed by atoms with Gasteiger partial charge in [-0.15, -0.1) is 22.9 Å². The van der Waals surface area contributed by atoms with Crippen molar-refractivity contribution in [2.75, 3.05) is 11.6 Å². The van der Waals surface area contributed by atoms with Gasteiger partial charge in [0, 0.05) is 17.3 Å². The van der Waals surface area contributed by atoms with Crippen molar-refractivity contribution < 1.29 is 8.42 Å². The van der Waals surface area contributed by atoms with Crippen molar-refractivity contribution in [1.29, 1.82) is 0 Å². The molecule has 0 saturated heterocycles. The summed E-state index contributed by atoms with van der Waals surface area (Å²) >= 11 is 10.3. The zero-order valence-corrected chi connectivity index (χ0v) is 12.6. The van der Waals surface area contributed by atoms with Crippen LogP contribution in [0.2, 0.25) is 0 Å². The largest absolute Gasteiger partial charge is 0.212 e. The van der Waals surface area contributed by atoms with Gasteiger partial charge in [-0.1, -0.05) is 0 Å². The van der Waals surface area contributed by atoms with Gasteiger partial charge in [-0.05, 0) is 40.9 Å². The first-order valence-electron chi connectivity index (χ1n) is 4.81. The molecule has 0 bridgehead atoms. The van der Waals surface area contributed by atoms with Gasteiger partial charge in [-0.25, -0.2) is 13.1 Å². The van der Waals surface area contributed by atoms with Crippen LogP contribution >= 0.6 is 38.9 Å². The van der Waals surface area contributed by atoms with Crippen molar-refractivity contribution in [3.63, 3.8) is 0 Å². The average molecular weight is 347 g/mol. The molecule has 0 aliphatic carbocycles. The summed E-state index contributed by atoms with van der Waals surface area (Å²) in [5.74, 6) is 0.652. The fourth-order valence-electron chi connectivity index (χ4n) is 1.09. The van der Waals surface area contributed by atoms with Crippen molar-refractivity contribution in [1.82, 2.24) is 4.72 Å². The molecule has 1 heterocycles. The Balaban J connectivity index is 2.36. The molecule has 16 heavy (non-hydrogen) atoms. The van der Waals surface area contributed by atoms with Crippen LogP contribution in [-0.4, -0.2) is 20.1 Å². The number of alkyl halides is 1. The third-order valence-corrected chi connectivity index (χ3v) is 5.19.